The number of anilines is 2. The van der Waals surface area contributed by atoms with Crippen molar-refractivity contribution in [2.45, 2.75) is 13.8 Å². The smallest absolute Gasteiger partial charge is 0.335 e. The molecule has 0 amide bonds. The van der Waals surface area contributed by atoms with Gasteiger partial charge in [0.05, 0.1) is 28.4 Å². The van der Waals surface area contributed by atoms with E-state index in [2.05, 4.69) is 15.3 Å². The van der Waals surface area contributed by atoms with E-state index in [4.69, 9.17) is 21.4 Å². The number of nitrogens with zero attached hydrogens (tertiary/aromatic N) is 2. The van der Waals surface area contributed by atoms with Crippen molar-refractivity contribution < 1.29 is 14.6 Å². The second-order valence-corrected chi connectivity index (χ2v) is 4.62. The minimum absolute atomic E-state index is 0.125. The van der Waals surface area contributed by atoms with Crippen molar-refractivity contribution in [3.05, 3.63) is 40.7 Å². The van der Waals surface area contributed by atoms with Crippen LogP contribution < -0.4 is 10.1 Å². The largest absolute Gasteiger partial charge is 0.478 e. The minimum atomic E-state index is -1.03. The Balaban J connectivity index is 2.30. The second kappa shape index (κ2) is 6.41. The number of hydrogen-bond donors (Lipinski definition) is 2. The molecule has 0 fully saturated rings. The molecule has 1 heterocycles. The van der Waals surface area contributed by atoms with E-state index in [1.54, 1.807) is 6.07 Å². The second-order valence-electron chi connectivity index (χ2n) is 4.21. The Morgan fingerprint density at radius 3 is 2.81 bits per heavy atom. The van der Waals surface area contributed by atoms with Gasteiger partial charge in [0.25, 0.3) is 0 Å². The Morgan fingerprint density at radius 2 is 2.19 bits per heavy atom. The van der Waals surface area contributed by atoms with Crippen molar-refractivity contribution in [3.63, 3.8) is 0 Å². The number of carboxylic acid groups (broad SMARTS) is 1. The normalized spacial score (nSPS) is 10.2. The summed E-state index contributed by atoms with van der Waals surface area (Å²) in [7, 11) is 0. The highest BCUT2D eigenvalue weighted by atomic mass is 35.5. The maximum Gasteiger partial charge on any atom is 0.335 e. The third-order valence-electron chi connectivity index (χ3n) is 2.79. The van der Waals surface area contributed by atoms with Crippen LogP contribution in [0, 0.1) is 6.92 Å². The van der Waals surface area contributed by atoms with E-state index in [0.29, 0.717) is 29.0 Å². The highest BCUT2D eigenvalue weighted by Crippen LogP contribution is 2.29. The number of nitrogens with one attached hydrogen (secondary N) is 1. The maximum absolute atomic E-state index is 10.9. The number of hydrogen-bond acceptors (Lipinski definition) is 5. The van der Waals surface area contributed by atoms with E-state index in [1.807, 2.05) is 13.8 Å². The highest BCUT2D eigenvalue weighted by Gasteiger charge is 2.11. The molecule has 0 aliphatic heterocycles. The molecule has 6 nitrogen and oxygen atoms in total. The molecule has 0 radical (unpaired) electrons. The van der Waals surface area contributed by atoms with Crippen LogP contribution >= 0.6 is 11.6 Å². The van der Waals surface area contributed by atoms with Crippen LogP contribution in [0.2, 0.25) is 5.02 Å². The summed E-state index contributed by atoms with van der Waals surface area (Å²) in [5, 5.41) is 12.3. The lowest BCUT2D eigenvalue weighted by molar-refractivity contribution is 0.0697. The summed E-state index contributed by atoms with van der Waals surface area (Å²) in [6.07, 6.45) is 1.39. The average Bonchev–Trinajstić information content (AvgIpc) is 2.45. The summed E-state index contributed by atoms with van der Waals surface area (Å²) in [4.78, 5) is 19.1. The van der Waals surface area contributed by atoms with Gasteiger partial charge in [0.1, 0.15) is 12.1 Å². The fraction of sp³-hybridized carbons (Fsp3) is 0.214. The monoisotopic (exact) mass is 307 g/mol. The Bertz CT molecular complexity index is 677. The van der Waals surface area contributed by atoms with E-state index < -0.39 is 5.97 Å². The van der Waals surface area contributed by atoms with Gasteiger partial charge in [0.15, 0.2) is 0 Å². The van der Waals surface area contributed by atoms with Gasteiger partial charge in [-0.2, -0.15) is 0 Å². The zero-order valence-electron chi connectivity index (χ0n) is 11.6. The first-order valence-corrected chi connectivity index (χ1v) is 6.65. The van der Waals surface area contributed by atoms with Crippen LogP contribution in [0.15, 0.2) is 24.5 Å². The van der Waals surface area contributed by atoms with Crippen LogP contribution in [0.3, 0.4) is 0 Å². The predicted octanol–water partition coefficient (Wildman–Crippen LogP) is 3.28. The van der Waals surface area contributed by atoms with Crippen molar-refractivity contribution >= 4 is 29.1 Å². The summed E-state index contributed by atoms with van der Waals surface area (Å²) < 4.78 is 5.39. The van der Waals surface area contributed by atoms with Crippen LogP contribution in [-0.2, 0) is 0 Å². The van der Waals surface area contributed by atoms with Gasteiger partial charge in [-0.15, -0.1) is 0 Å². The van der Waals surface area contributed by atoms with Gasteiger partial charge in [-0.25, -0.2) is 14.8 Å². The Labute approximate surface area is 126 Å². The number of carboxylic acids is 1. The van der Waals surface area contributed by atoms with Gasteiger partial charge in [0.2, 0.25) is 5.88 Å². The lowest BCUT2D eigenvalue weighted by atomic mass is 10.2. The van der Waals surface area contributed by atoms with Crippen molar-refractivity contribution in [3.8, 4) is 5.88 Å². The molecule has 0 aliphatic rings. The molecule has 0 saturated heterocycles. The van der Waals surface area contributed by atoms with Crippen molar-refractivity contribution in [1.82, 2.24) is 9.97 Å². The average molecular weight is 308 g/mol. The van der Waals surface area contributed by atoms with Crippen LogP contribution in [0.25, 0.3) is 0 Å². The fourth-order valence-electron chi connectivity index (χ4n) is 1.72. The van der Waals surface area contributed by atoms with Gasteiger partial charge < -0.3 is 15.2 Å². The first kappa shape index (κ1) is 15.1. The van der Waals surface area contributed by atoms with Gasteiger partial charge in [-0.05, 0) is 32.0 Å². The lowest BCUT2D eigenvalue weighted by Crippen LogP contribution is -2.03. The van der Waals surface area contributed by atoms with Crippen LogP contribution in [-0.4, -0.2) is 27.7 Å². The SMILES string of the molecule is CCOc1ncnc(Nc2ccc(C(=O)O)cc2Cl)c1C. The van der Waals surface area contributed by atoms with E-state index in [-0.39, 0.29) is 5.56 Å². The van der Waals surface area contributed by atoms with E-state index in [1.165, 1.54) is 18.5 Å². The van der Waals surface area contributed by atoms with Crippen molar-refractivity contribution in [1.29, 1.82) is 0 Å². The molecule has 0 aliphatic carbocycles. The first-order chi connectivity index (χ1) is 10.0. The molecule has 2 aromatic rings. The minimum Gasteiger partial charge on any atom is -0.478 e. The van der Waals surface area contributed by atoms with Gasteiger partial charge >= 0.3 is 5.97 Å². The predicted molar refractivity (Wildman–Crippen MR) is 79.6 cm³/mol. The number of benzene rings is 1. The molecule has 0 atom stereocenters. The lowest BCUT2D eigenvalue weighted by Gasteiger charge is -2.12. The molecule has 0 saturated carbocycles. The molecular formula is C14H14ClN3O3. The number of ether oxygens (including phenoxy) is 1. The number of halogens is 1. The van der Waals surface area contributed by atoms with E-state index in [0.717, 1.165) is 5.56 Å². The van der Waals surface area contributed by atoms with Gasteiger partial charge in [-0.1, -0.05) is 11.6 Å². The molecule has 0 unspecified atom stereocenters. The van der Waals surface area contributed by atoms with Crippen LogP contribution in [0.4, 0.5) is 11.5 Å². The summed E-state index contributed by atoms with van der Waals surface area (Å²) in [6, 6.07) is 4.44. The van der Waals surface area contributed by atoms with Crippen molar-refractivity contribution in [2.24, 2.45) is 0 Å². The third-order valence-corrected chi connectivity index (χ3v) is 3.10. The molecule has 2 N–H and O–H groups in total. The Kier molecular flexibility index (Phi) is 4.59. The summed E-state index contributed by atoms with van der Waals surface area (Å²) in [5.74, 6) is 0.0204. The van der Waals surface area contributed by atoms with E-state index in [9.17, 15) is 4.79 Å². The Morgan fingerprint density at radius 1 is 1.43 bits per heavy atom. The number of aromatic nitrogens is 2. The molecule has 7 heteroatoms. The molecular weight excluding hydrogens is 294 g/mol. The quantitative estimate of drug-likeness (QED) is 0.882. The fourth-order valence-corrected chi connectivity index (χ4v) is 1.95. The van der Waals surface area contributed by atoms with E-state index >= 15 is 0 Å². The van der Waals surface area contributed by atoms with Gasteiger partial charge in [-0.3, -0.25) is 0 Å². The summed E-state index contributed by atoms with van der Waals surface area (Å²) >= 11 is 6.08. The molecule has 2 rings (SSSR count). The number of rotatable bonds is 5. The van der Waals surface area contributed by atoms with Crippen LogP contribution in [0.1, 0.15) is 22.8 Å². The van der Waals surface area contributed by atoms with Crippen LogP contribution in [0.5, 0.6) is 5.88 Å². The third kappa shape index (κ3) is 3.41. The summed E-state index contributed by atoms with van der Waals surface area (Å²) in [6.45, 7) is 4.20. The molecule has 110 valence electrons. The zero-order chi connectivity index (χ0) is 15.4. The number of carbonyl (C=O) groups is 1. The molecule has 1 aromatic carbocycles. The standard InChI is InChI=1S/C14H14ClN3O3/c1-3-21-13-8(2)12(16-7-17-13)18-11-5-4-9(14(19)20)6-10(11)15/h4-7H,3H2,1-2H3,(H,19,20)(H,16,17,18). The Hall–Kier alpha value is -2.34. The summed E-state index contributed by atoms with van der Waals surface area (Å²) in [5.41, 5.74) is 1.43. The van der Waals surface area contributed by atoms with Gasteiger partial charge in [0, 0.05) is 0 Å². The topological polar surface area (TPSA) is 84.3 Å². The zero-order valence-corrected chi connectivity index (χ0v) is 12.3. The molecule has 0 spiro atoms. The van der Waals surface area contributed by atoms with Crippen molar-refractivity contribution in [2.75, 3.05) is 11.9 Å². The molecule has 1 aromatic heterocycles. The highest BCUT2D eigenvalue weighted by molar-refractivity contribution is 6.33. The molecule has 0 bridgehead atoms. The first-order valence-electron chi connectivity index (χ1n) is 6.27. The molecule has 21 heavy (non-hydrogen) atoms. The maximum atomic E-state index is 10.9. The number of aromatic carboxylic acids is 1.